The first kappa shape index (κ1) is 19.3. The van der Waals surface area contributed by atoms with Crippen molar-refractivity contribution in [3.63, 3.8) is 0 Å². The van der Waals surface area contributed by atoms with Crippen molar-refractivity contribution in [3.05, 3.63) is 0 Å². The fourth-order valence-corrected chi connectivity index (χ4v) is 0.970. The second kappa shape index (κ2) is 9.96. The van der Waals surface area contributed by atoms with Crippen LogP contribution in [0.25, 0.3) is 0 Å². The Morgan fingerprint density at radius 3 is 2.28 bits per heavy atom. The summed E-state index contributed by atoms with van der Waals surface area (Å²) in [6.45, 7) is 8.54. The van der Waals surface area contributed by atoms with Crippen LogP contribution in [-0.4, -0.2) is 43.9 Å². The molecular formula is C11H23ClN2O4. The molecule has 18 heavy (non-hydrogen) atoms. The molecule has 0 fully saturated rings. The summed E-state index contributed by atoms with van der Waals surface area (Å²) in [6.07, 6.45) is -0.463. The average Bonchev–Trinajstić information content (AvgIpc) is 2.14. The normalized spacial score (nSPS) is 10.2. The number of esters is 1. The summed E-state index contributed by atoms with van der Waals surface area (Å²) in [5.41, 5.74) is -0.498. The zero-order valence-electron chi connectivity index (χ0n) is 11.4. The van der Waals surface area contributed by atoms with Crippen molar-refractivity contribution in [2.75, 3.05) is 26.2 Å². The summed E-state index contributed by atoms with van der Waals surface area (Å²) in [6, 6.07) is 0. The van der Waals surface area contributed by atoms with E-state index in [1.165, 1.54) is 0 Å². The highest BCUT2D eigenvalue weighted by Gasteiger charge is 2.15. The number of rotatable bonds is 6. The maximum atomic E-state index is 11.2. The minimum Gasteiger partial charge on any atom is -0.465 e. The van der Waals surface area contributed by atoms with Gasteiger partial charge in [-0.1, -0.05) is 0 Å². The fraction of sp³-hybridized carbons (Fsp3) is 0.818. The molecule has 7 heteroatoms. The molecule has 0 atom stereocenters. The van der Waals surface area contributed by atoms with Gasteiger partial charge in [0.2, 0.25) is 0 Å². The highest BCUT2D eigenvalue weighted by molar-refractivity contribution is 5.85. The van der Waals surface area contributed by atoms with Crippen LogP contribution >= 0.6 is 12.4 Å². The number of hydrogen-bond acceptors (Lipinski definition) is 5. The summed E-state index contributed by atoms with van der Waals surface area (Å²) >= 11 is 0. The lowest BCUT2D eigenvalue weighted by Gasteiger charge is -2.19. The van der Waals surface area contributed by atoms with Crippen LogP contribution in [0.3, 0.4) is 0 Å². The molecule has 0 aliphatic rings. The van der Waals surface area contributed by atoms with E-state index in [9.17, 15) is 9.59 Å². The molecule has 0 heterocycles. The fourth-order valence-electron chi connectivity index (χ4n) is 0.970. The predicted octanol–water partition coefficient (Wildman–Crippen LogP) is 1.09. The smallest absolute Gasteiger partial charge is 0.407 e. The third kappa shape index (κ3) is 13.1. The Morgan fingerprint density at radius 1 is 1.17 bits per heavy atom. The molecule has 2 N–H and O–H groups in total. The lowest BCUT2D eigenvalue weighted by Crippen LogP contribution is -2.37. The summed E-state index contributed by atoms with van der Waals surface area (Å²) in [5, 5.41) is 5.41. The Kier molecular flexibility index (Phi) is 10.7. The van der Waals surface area contributed by atoms with Gasteiger partial charge in [0, 0.05) is 13.1 Å². The first-order valence-corrected chi connectivity index (χ1v) is 5.68. The van der Waals surface area contributed by atoms with Crippen LogP contribution in [-0.2, 0) is 14.3 Å². The van der Waals surface area contributed by atoms with Crippen molar-refractivity contribution >= 4 is 24.5 Å². The standard InChI is InChI=1S/C11H22N2O4.ClH/c1-5-16-9(14)8-12-6-7-13-10(15)17-11(2,3)4;/h12H,5-8H2,1-4H3,(H,13,15);1H. The molecule has 0 aliphatic heterocycles. The summed E-state index contributed by atoms with van der Waals surface area (Å²) < 4.78 is 9.76. The lowest BCUT2D eigenvalue weighted by molar-refractivity contribution is -0.141. The van der Waals surface area contributed by atoms with Crippen molar-refractivity contribution < 1.29 is 19.1 Å². The van der Waals surface area contributed by atoms with Crippen LogP contribution in [0, 0.1) is 0 Å². The third-order valence-corrected chi connectivity index (χ3v) is 1.54. The third-order valence-electron chi connectivity index (χ3n) is 1.54. The Morgan fingerprint density at radius 2 is 1.78 bits per heavy atom. The first-order chi connectivity index (χ1) is 7.85. The average molecular weight is 283 g/mol. The zero-order valence-corrected chi connectivity index (χ0v) is 12.2. The van der Waals surface area contributed by atoms with Crippen LogP contribution in [0.2, 0.25) is 0 Å². The monoisotopic (exact) mass is 282 g/mol. The van der Waals surface area contributed by atoms with E-state index in [4.69, 9.17) is 9.47 Å². The summed E-state index contributed by atoms with van der Waals surface area (Å²) in [5.74, 6) is -0.301. The summed E-state index contributed by atoms with van der Waals surface area (Å²) in [7, 11) is 0. The highest BCUT2D eigenvalue weighted by atomic mass is 35.5. The Labute approximate surface area is 114 Å². The van der Waals surface area contributed by atoms with E-state index in [1.54, 1.807) is 27.7 Å². The van der Waals surface area contributed by atoms with Crippen LogP contribution in [0.1, 0.15) is 27.7 Å². The Bertz CT molecular complexity index is 254. The van der Waals surface area contributed by atoms with Crippen molar-refractivity contribution in [1.29, 1.82) is 0 Å². The topological polar surface area (TPSA) is 76.7 Å². The molecule has 0 spiro atoms. The van der Waals surface area contributed by atoms with Crippen molar-refractivity contribution in [1.82, 2.24) is 10.6 Å². The van der Waals surface area contributed by atoms with E-state index in [0.29, 0.717) is 19.7 Å². The highest BCUT2D eigenvalue weighted by Crippen LogP contribution is 2.05. The van der Waals surface area contributed by atoms with E-state index >= 15 is 0 Å². The molecular weight excluding hydrogens is 260 g/mol. The molecule has 0 aromatic carbocycles. The molecule has 6 nitrogen and oxygen atoms in total. The number of hydrogen-bond donors (Lipinski definition) is 2. The Hall–Kier alpha value is -1.01. The van der Waals surface area contributed by atoms with E-state index in [2.05, 4.69) is 10.6 Å². The SMILES string of the molecule is CCOC(=O)CNCCNC(=O)OC(C)(C)C.Cl. The van der Waals surface area contributed by atoms with Crippen molar-refractivity contribution in [3.8, 4) is 0 Å². The molecule has 0 bridgehead atoms. The van der Waals surface area contributed by atoms with Gasteiger partial charge in [0.1, 0.15) is 5.60 Å². The number of amides is 1. The molecule has 0 rings (SSSR count). The van der Waals surface area contributed by atoms with Gasteiger partial charge in [-0.05, 0) is 27.7 Å². The molecule has 0 saturated carbocycles. The molecule has 1 amide bonds. The van der Waals surface area contributed by atoms with Crippen LogP contribution in [0.4, 0.5) is 4.79 Å². The van der Waals surface area contributed by atoms with Crippen LogP contribution in [0.15, 0.2) is 0 Å². The summed E-state index contributed by atoms with van der Waals surface area (Å²) in [4.78, 5) is 22.1. The molecule has 0 saturated heterocycles. The second-order valence-corrected chi connectivity index (χ2v) is 4.41. The number of ether oxygens (including phenoxy) is 2. The lowest BCUT2D eigenvalue weighted by atomic mass is 10.2. The molecule has 108 valence electrons. The number of carbonyl (C=O) groups excluding carboxylic acids is 2. The number of nitrogens with one attached hydrogen (secondary N) is 2. The van der Waals surface area contributed by atoms with Crippen molar-refractivity contribution in [2.45, 2.75) is 33.3 Å². The minimum atomic E-state index is -0.498. The number of halogens is 1. The number of carbonyl (C=O) groups is 2. The van der Waals surface area contributed by atoms with Crippen molar-refractivity contribution in [2.24, 2.45) is 0 Å². The molecule has 0 aromatic rings. The van der Waals surface area contributed by atoms with Crippen LogP contribution in [0.5, 0.6) is 0 Å². The zero-order chi connectivity index (χ0) is 13.3. The molecule has 0 unspecified atom stereocenters. The van der Waals surface area contributed by atoms with Gasteiger partial charge in [-0.25, -0.2) is 4.79 Å². The maximum absolute atomic E-state index is 11.2. The van der Waals surface area contributed by atoms with Gasteiger partial charge in [0.15, 0.2) is 0 Å². The maximum Gasteiger partial charge on any atom is 0.407 e. The van der Waals surface area contributed by atoms with E-state index in [1.807, 2.05) is 0 Å². The molecule has 0 radical (unpaired) electrons. The quantitative estimate of drug-likeness (QED) is 0.563. The van der Waals surface area contributed by atoms with E-state index in [0.717, 1.165) is 0 Å². The van der Waals surface area contributed by atoms with Gasteiger partial charge in [0.25, 0.3) is 0 Å². The predicted molar refractivity (Wildman–Crippen MR) is 71.0 cm³/mol. The minimum absolute atomic E-state index is 0. The van der Waals surface area contributed by atoms with E-state index in [-0.39, 0.29) is 24.9 Å². The number of alkyl carbamates (subject to hydrolysis) is 1. The largest absolute Gasteiger partial charge is 0.465 e. The van der Waals surface area contributed by atoms with Gasteiger partial charge >= 0.3 is 12.1 Å². The van der Waals surface area contributed by atoms with Gasteiger partial charge in [0.05, 0.1) is 13.2 Å². The van der Waals surface area contributed by atoms with Gasteiger partial charge in [-0.15, -0.1) is 12.4 Å². The van der Waals surface area contributed by atoms with Crippen LogP contribution < -0.4 is 10.6 Å². The van der Waals surface area contributed by atoms with Gasteiger partial charge in [-0.2, -0.15) is 0 Å². The van der Waals surface area contributed by atoms with E-state index < -0.39 is 11.7 Å². The van der Waals surface area contributed by atoms with Gasteiger partial charge < -0.3 is 20.1 Å². The molecule has 0 aliphatic carbocycles. The van der Waals surface area contributed by atoms with Gasteiger partial charge in [-0.3, -0.25) is 4.79 Å². The first-order valence-electron chi connectivity index (χ1n) is 5.68. The molecule has 0 aromatic heterocycles. The second-order valence-electron chi connectivity index (χ2n) is 4.41. The Balaban J connectivity index is 0.